The fraction of sp³-hybridized carbons (Fsp3) is 0.842. The minimum Gasteiger partial charge on any atom is -0.393 e. The summed E-state index contributed by atoms with van der Waals surface area (Å²) in [4.78, 5) is 11.8. The number of nitrogens with one attached hydrogen (secondary N) is 1. The SMILES string of the molecule is C[C@H]1C=C2NC(=O)CC[C@]2(C)C2CC[C@]3(C)C[C@@H](O)CC3C21. The summed E-state index contributed by atoms with van der Waals surface area (Å²) >= 11 is 0. The zero-order chi connectivity index (χ0) is 15.7. The summed E-state index contributed by atoms with van der Waals surface area (Å²) in [5, 5.41) is 13.4. The number of carbonyl (C=O) groups is 1. The molecular formula is C19H29NO2. The molecule has 0 aromatic rings. The second-order valence-corrected chi connectivity index (χ2v) is 8.98. The van der Waals surface area contributed by atoms with Gasteiger partial charge in [0.25, 0.3) is 0 Å². The first-order valence-corrected chi connectivity index (χ1v) is 9.04. The van der Waals surface area contributed by atoms with Gasteiger partial charge in [0.05, 0.1) is 6.10 Å². The van der Waals surface area contributed by atoms with E-state index in [0.717, 1.165) is 19.3 Å². The third-order valence-corrected chi connectivity index (χ3v) is 7.69. The van der Waals surface area contributed by atoms with Gasteiger partial charge in [0, 0.05) is 17.5 Å². The molecule has 0 aromatic heterocycles. The van der Waals surface area contributed by atoms with E-state index in [1.807, 2.05) is 0 Å². The van der Waals surface area contributed by atoms with E-state index in [2.05, 4.69) is 32.2 Å². The number of hydrogen-bond donors (Lipinski definition) is 2. The highest BCUT2D eigenvalue weighted by Crippen LogP contribution is 2.64. The van der Waals surface area contributed by atoms with Gasteiger partial charge in [-0.1, -0.05) is 26.8 Å². The average molecular weight is 303 g/mol. The lowest BCUT2D eigenvalue weighted by Crippen LogP contribution is -2.54. The van der Waals surface area contributed by atoms with Gasteiger partial charge in [0.2, 0.25) is 5.91 Å². The van der Waals surface area contributed by atoms with E-state index in [1.165, 1.54) is 18.5 Å². The van der Waals surface area contributed by atoms with Crippen LogP contribution in [0.2, 0.25) is 0 Å². The standard InChI is InChI=1S/C19H29NO2/c1-11-8-15-19(3,7-5-16(22)20-15)13-4-6-18(2)10-12(21)9-14(18)17(11)13/h8,11-14,17,21H,4-7,9-10H2,1-3H3,(H,20,22)/t11-,12-,13?,14?,17?,18+,19+/m0/s1. The Bertz CT molecular complexity index is 542. The molecule has 4 aliphatic rings. The van der Waals surface area contributed by atoms with Crippen LogP contribution in [0.4, 0.5) is 0 Å². The summed E-state index contributed by atoms with van der Waals surface area (Å²) in [6.45, 7) is 7.10. The fourth-order valence-corrected chi connectivity index (χ4v) is 6.55. The molecule has 0 radical (unpaired) electrons. The topological polar surface area (TPSA) is 49.3 Å². The number of hydrogen-bond acceptors (Lipinski definition) is 2. The Hall–Kier alpha value is -0.830. The maximum Gasteiger partial charge on any atom is 0.224 e. The molecule has 3 heteroatoms. The summed E-state index contributed by atoms with van der Waals surface area (Å²) < 4.78 is 0. The highest BCUT2D eigenvalue weighted by molar-refractivity contribution is 5.79. The zero-order valence-electron chi connectivity index (χ0n) is 14.1. The van der Waals surface area contributed by atoms with E-state index in [4.69, 9.17) is 0 Å². The van der Waals surface area contributed by atoms with Gasteiger partial charge < -0.3 is 10.4 Å². The van der Waals surface area contributed by atoms with Gasteiger partial charge in [-0.3, -0.25) is 4.79 Å². The van der Waals surface area contributed by atoms with Crippen LogP contribution in [-0.2, 0) is 4.79 Å². The molecule has 0 spiro atoms. The molecule has 1 aliphatic heterocycles. The molecule has 0 bridgehead atoms. The van der Waals surface area contributed by atoms with Gasteiger partial charge in [0.1, 0.15) is 0 Å². The predicted molar refractivity (Wildman–Crippen MR) is 85.8 cm³/mol. The molecule has 3 fully saturated rings. The Labute approximate surface area is 133 Å². The molecule has 22 heavy (non-hydrogen) atoms. The molecular weight excluding hydrogens is 274 g/mol. The molecule has 3 aliphatic carbocycles. The smallest absolute Gasteiger partial charge is 0.224 e. The maximum absolute atomic E-state index is 11.8. The monoisotopic (exact) mass is 303 g/mol. The number of amides is 1. The normalized spacial score (nSPS) is 53.9. The molecule has 7 atom stereocenters. The second-order valence-electron chi connectivity index (χ2n) is 8.98. The number of allylic oxidation sites excluding steroid dienone is 2. The Morgan fingerprint density at radius 1 is 1.27 bits per heavy atom. The van der Waals surface area contributed by atoms with Gasteiger partial charge in [-0.05, 0) is 61.2 Å². The fourth-order valence-electron chi connectivity index (χ4n) is 6.55. The quantitative estimate of drug-likeness (QED) is 0.722. The van der Waals surface area contributed by atoms with Crippen molar-refractivity contribution in [3.8, 4) is 0 Å². The second kappa shape index (κ2) is 4.59. The summed E-state index contributed by atoms with van der Waals surface area (Å²) in [5.41, 5.74) is 1.66. The highest BCUT2D eigenvalue weighted by Gasteiger charge is 2.59. The minimum atomic E-state index is -0.106. The summed E-state index contributed by atoms with van der Waals surface area (Å²) in [5.74, 6) is 2.65. The maximum atomic E-state index is 11.8. The number of aliphatic hydroxyl groups excluding tert-OH is 1. The molecule has 2 saturated carbocycles. The molecule has 1 saturated heterocycles. The summed E-state index contributed by atoms with van der Waals surface area (Å²) in [7, 11) is 0. The molecule has 0 aromatic carbocycles. The first-order chi connectivity index (χ1) is 10.3. The molecule has 3 nitrogen and oxygen atoms in total. The van der Waals surface area contributed by atoms with Crippen molar-refractivity contribution in [2.45, 2.75) is 65.4 Å². The molecule has 1 heterocycles. The lowest BCUT2D eigenvalue weighted by molar-refractivity contribution is -0.125. The Kier molecular flexibility index (Phi) is 3.08. The van der Waals surface area contributed by atoms with Crippen LogP contribution in [-0.4, -0.2) is 17.1 Å². The van der Waals surface area contributed by atoms with Crippen LogP contribution in [0, 0.1) is 34.5 Å². The lowest BCUT2D eigenvalue weighted by Gasteiger charge is -2.58. The van der Waals surface area contributed by atoms with Crippen molar-refractivity contribution in [3.63, 3.8) is 0 Å². The first kappa shape index (κ1) is 14.7. The number of aliphatic hydroxyl groups is 1. The molecule has 2 N–H and O–H groups in total. The van der Waals surface area contributed by atoms with Crippen LogP contribution < -0.4 is 5.32 Å². The van der Waals surface area contributed by atoms with E-state index in [-0.39, 0.29) is 17.4 Å². The van der Waals surface area contributed by atoms with E-state index in [9.17, 15) is 9.90 Å². The largest absolute Gasteiger partial charge is 0.393 e. The van der Waals surface area contributed by atoms with Crippen LogP contribution in [0.15, 0.2) is 11.8 Å². The van der Waals surface area contributed by atoms with Gasteiger partial charge in [0.15, 0.2) is 0 Å². The van der Waals surface area contributed by atoms with Crippen LogP contribution in [0.1, 0.15) is 59.3 Å². The molecule has 1 amide bonds. The van der Waals surface area contributed by atoms with Crippen molar-refractivity contribution in [1.82, 2.24) is 5.32 Å². The first-order valence-electron chi connectivity index (χ1n) is 9.04. The Balaban J connectivity index is 1.74. The van der Waals surface area contributed by atoms with Crippen molar-refractivity contribution in [2.24, 2.45) is 34.5 Å². The van der Waals surface area contributed by atoms with Gasteiger partial charge in [-0.25, -0.2) is 0 Å². The van der Waals surface area contributed by atoms with E-state index < -0.39 is 0 Å². The predicted octanol–water partition coefficient (Wildman–Crippen LogP) is 3.24. The van der Waals surface area contributed by atoms with E-state index >= 15 is 0 Å². The van der Waals surface area contributed by atoms with Crippen molar-refractivity contribution < 1.29 is 9.90 Å². The Morgan fingerprint density at radius 2 is 2.05 bits per heavy atom. The third kappa shape index (κ3) is 1.87. The molecule has 122 valence electrons. The van der Waals surface area contributed by atoms with Gasteiger partial charge in [-0.15, -0.1) is 0 Å². The third-order valence-electron chi connectivity index (χ3n) is 7.69. The number of carbonyl (C=O) groups excluding carboxylic acids is 1. The average Bonchev–Trinajstić information content (AvgIpc) is 2.75. The molecule has 3 unspecified atom stereocenters. The number of fused-ring (bicyclic) bond motifs is 5. The van der Waals surface area contributed by atoms with Crippen molar-refractivity contribution in [2.75, 3.05) is 0 Å². The minimum absolute atomic E-state index is 0.106. The lowest BCUT2D eigenvalue weighted by atomic mass is 9.48. The summed E-state index contributed by atoms with van der Waals surface area (Å²) in [6, 6.07) is 0. The Morgan fingerprint density at radius 3 is 2.82 bits per heavy atom. The molecule has 4 rings (SSSR count). The van der Waals surface area contributed by atoms with Crippen molar-refractivity contribution in [3.05, 3.63) is 11.8 Å². The van der Waals surface area contributed by atoms with Gasteiger partial charge >= 0.3 is 0 Å². The summed E-state index contributed by atoms with van der Waals surface area (Å²) in [6.07, 6.45) is 8.34. The van der Waals surface area contributed by atoms with Crippen LogP contribution >= 0.6 is 0 Å². The van der Waals surface area contributed by atoms with Gasteiger partial charge in [-0.2, -0.15) is 0 Å². The van der Waals surface area contributed by atoms with Crippen molar-refractivity contribution >= 4 is 5.91 Å². The number of piperidine rings is 1. The highest BCUT2D eigenvalue weighted by atomic mass is 16.3. The zero-order valence-corrected chi connectivity index (χ0v) is 14.1. The van der Waals surface area contributed by atoms with Crippen molar-refractivity contribution in [1.29, 1.82) is 0 Å². The van der Waals surface area contributed by atoms with Crippen LogP contribution in [0.5, 0.6) is 0 Å². The van der Waals surface area contributed by atoms with E-state index in [1.54, 1.807) is 0 Å². The van der Waals surface area contributed by atoms with Crippen LogP contribution in [0.25, 0.3) is 0 Å². The van der Waals surface area contributed by atoms with E-state index in [0.29, 0.717) is 35.5 Å². The number of rotatable bonds is 0. The van der Waals surface area contributed by atoms with Crippen LogP contribution in [0.3, 0.4) is 0 Å².